The minimum atomic E-state index is 0.0351. The number of hydrogen-bond donors (Lipinski definition) is 0. The minimum Gasteiger partial charge on any atom is -0.333 e. The van der Waals surface area contributed by atoms with Crippen LogP contribution < -0.4 is 0 Å². The lowest BCUT2D eigenvalue weighted by molar-refractivity contribution is 0.0747. The molecule has 0 aliphatic rings. The highest BCUT2D eigenvalue weighted by Gasteiger charge is 2.18. The summed E-state index contributed by atoms with van der Waals surface area (Å²) >= 11 is 3.41. The van der Waals surface area contributed by atoms with Gasteiger partial charge >= 0.3 is 0 Å². The van der Waals surface area contributed by atoms with Crippen LogP contribution in [0.4, 0.5) is 0 Å². The van der Waals surface area contributed by atoms with Crippen LogP contribution in [0.5, 0.6) is 0 Å². The molecule has 0 fully saturated rings. The molecular weight excluding hydrogens is 376 g/mol. The Morgan fingerprint density at radius 2 is 1.89 bits per heavy atom. The molecule has 7 heteroatoms. The molecule has 0 aliphatic carbocycles. The quantitative estimate of drug-likeness (QED) is 0.463. The van der Waals surface area contributed by atoms with Crippen LogP contribution in [0.15, 0.2) is 53.2 Å². The molecule has 0 spiro atoms. The van der Waals surface area contributed by atoms with Crippen LogP contribution in [0.1, 0.15) is 27.0 Å². The van der Waals surface area contributed by atoms with Crippen LogP contribution in [-0.4, -0.2) is 32.3 Å². The van der Waals surface area contributed by atoms with E-state index in [0.717, 1.165) is 24.0 Å². The molecule has 0 aliphatic heterocycles. The molecule has 4 aromatic rings. The van der Waals surface area contributed by atoms with Crippen molar-refractivity contribution in [1.82, 2.24) is 19.9 Å². The van der Waals surface area contributed by atoms with Gasteiger partial charge in [-0.15, -0.1) is 27.8 Å². The van der Waals surface area contributed by atoms with Crippen molar-refractivity contribution in [2.24, 2.45) is 0 Å². The van der Waals surface area contributed by atoms with E-state index in [1.54, 1.807) is 22.7 Å². The fraction of sp³-hybridized carbons (Fsp3) is 0.250. The summed E-state index contributed by atoms with van der Waals surface area (Å²) in [6.45, 7) is 4.11. The monoisotopic (exact) mass is 396 g/mol. The second-order valence-corrected chi connectivity index (χ2v) is 8.31. The summed E-state index contributed by atoms with van der Waals surface area (Å²) in [6.07, 6.45) is 0.864. The van der Waals surface area contributed by atoms with E-state index in [1.807, 2.05) is 46.2 Å². The highest BCUT2D eigenvalue weighted by molar-refractivity contribution is 7.10. The molecule has 1 amide bonds. The molecule has 138 valence electrons. The van der Waals surface area contributed by atoms with Crippen molar-refractivity contribution >= 4 is 39.6 Å². The lowest BCUT2D eigenvalue weighted by atomic mass is 10.1. The Balaban J connectivity index is 1.58. The molecule has 1 aromatic carbocycles. The van der Waals surface area contributed by atoms with Gasteiger partial charge in [0.15, 0.2) is 0 Å². The third kappa shape index (κ3) is 3.94. The number of benzene rings is 1. The second-order valence-electron chi connectivity index (χ2n) is 6.24. The zero-order valence-corrected chi connectivity index (χ0v) is 16.7. The van der Waals surface area contributed by atoms with Crippen LogP contribution in [0, 0.1) is 0 Å². The first-order valence-corrected chi connectivity index (χ1v) is 10.7. The van der Waals surface area contributed by atoms with Crippen molar-refractivity contribution in [2.45, 2.75) is 26.4 Å². The van der Waals surface area contributed by atoms with Crippen LogP contribution in [0.3, 0.4) is 0 Å². The SMILES string of the molecule is CCn1nnc2cc(C(=O)N(CCc3cccs3)Cc3cccs3)ccc21. The van der Waals surface area contributed by atoms with Crippen molar-refractivity contribution < 1.29 is 4.79 Å². The largest absolute Gasteiger partial charge is 0.333 e. The number of hydrogen-bond acceptors (Lipinski definition) is 5. The number of fused-ring (bicyclic) bond motifs is 1. The number of rotatable bonds is 7. The van der Waals surface area contributed by atoms with Gasteiger partial charge in [-0.25, -0.2) is 4.68 Å². The van der Waals surface area contributed by atoms with Gasteiger partial charge in [0.05, 0.1) is 12.1 Å². The maximum Gasteiger partial charge on any atom is 0.254 e. The molecular formula is C20H20N4OS2. The van der Waals surface area contributed by atoms with Gasteiger partial charge in [-0.1, -0.05) is 17.3 Å². The van der Waals surface area contributed by atoms with Gasteiger partial charge in [0.25, 0.3) is 5.91 Å². The molecule has 0 saturated carbocycles. The van der Waals surface area contributed by atoms with E-state index in [9.17, 15) is 4.79 Å². The Hall–Kier alpha value is -2.51. The fourth-order valence-electron chi connectivity index (χ4n) is 3.06. The Morgan fingerprint density at radius 3 is 2.59 bits per heavy atom. The summed E-state index contributed by atoms with van der Waals surface area (Å²) in [4.78, 5) is 17.6. The lowest BCUT2D eigenvalue weighted by Gasteiger charge is -2.22. The normalized spacial score (nSPS) is 11.1. The van der Waals surface area contributed by atoms with E-state index < -0.39 is 0 Å². The zero-order chi connectivity index (χ0) is 18.6. The van der Waals surface area contributed by atoms with Gasteiger partial charge < -0.3 is 4.90 Å². The molecule has 0 radical (unpaired) electrons. The van der Waals surface area contributed by atoms with E-state index in [1.165, 1.54) is 9.75 Å². The number of amides is 1. The van der Waals surface area contributed by atoms with Gasteiger partial charge in [0.2, 0.25) is 0 Å². The van der Waals surface area contributed by atoms with Crippen LogP contribution >= 0.6 is 22.7 Å². The first-order valence-electron chi connectivity index (χ1n) is 8.92. The number of thiophene rings is 2. The molecule has 0 N–H and O–H groups in total. The maximum absolute atomic E-state index is 13.2. The standard InChI is InChI=1S/C20H20N4OS2/c1-2-24-19-8-7-15(13-18(19)21-22-24)20(25)23(14-17-6-4-12-27-17)10-9-16-5-3-11-26-16/h3-8,11-13H,2,9-10,14H2,1H3. The van der Waals surface area contributed by atoms with Crippen LogP contribution in [-0.2, 0) is 19.5 Å². The van der Waals surface area contributed by atoms with E-state index in [4.69, 9.17) is 0 Å². The number of nitrogens with zero attached hydrogens (tertiary/aromatic N) is 4. The van der Waals surface area contributed by atoms with Crippen molar-refractivity contribution in [3.63, 3.8) is 0 Å². The smallest absolute Gasteiger partial charge is 0.254 e. The Kier molecular flexibility index (Phi) is 5.31. The first-order chi connectivity index (χ1) is 13.2. The maximum atomic E-state index is 13.2. The van der Waals surface area contributed by atoms with Crippen molar-refractivity contribution in [1.29, 1.82) is 0 Å². The molecule has 3 heterocycles. The van der Waals surface area contributed by atoms with Gasteiger partial charge in [-0.2, -0.15) is 0 Å². The Bertz CT molecular complexity index is 1020. The first kappa shape index (κ1) is 17.9. The predicted molar refractivity (Wildman–Crippen MR) is 110 cm³/mol. The van der Waals surface area contributed by atoms with E-state index in [2.05, 4.69) is 33.9 Å². The summed E-state index contributed by atoms with van der Waals surface area (Å²) in [5, 5.41) is 12.5. The number of carbonyl (C=O) groups excluding carboxylic acids is 1. The molecule has 0 bridgehead atoms. The fourth-order valence-corrected chi connectivity index (χ4v) is 4.48. The molecule has 0 unspecified atom stereocenters. The highest BCUT2D eigenvalue weighted by Crippen LogP contribution is 2.19. The van der Waals surface area contributed by atoms with Crippen molar-refractivity contribution in [3.8, 4) is 0 Å². The zero-order valence-electron chi connectivity index (χ0n) is 15.0. The third-order valence-electron chi connectivity index (χ3n) is 4.48. The molecule has 27 heavy (non-hydrogen) atoms. The topological polar surface area (TPSA) is 51.0 Å². The minimum absolute atomic E-state index is 0.0351. The van der Waals surface area contributed by atoms with Gasteiger partial charge in [-0.05, 0) is 54.4 Å². The van der Waals surface area contributed by atoms with Crippen LogP contribution in [0.2, 0.25) is 0 Å². The Morgan fingerprint density at radius 1 is 1.11 bits per heavy atom. The number of aryl methyl sites for hydroxylation is 1. The summed E-state index contributed by atoms with van der Waals surface area (Å²) in [6, 6.07) is 13.9. The molecule has 4 rings (SSSR count). The molecule has 0 saturated heterocycles. The van der Waals surface area contributed by atoms with E-state index in [0.29, 0.717) is 18.7 Å². The molecule has 5 nitrogen and oxygen atoms in total. The predicted octanol–water partition coefficient (Wildman–Crippen LogP) is 4.46. The number of aromatic nitrogens is 3. The third-order valence-corrected chi connectivity index (χ3v) is 6.28. The highest BCUT2D eigenvalue weighted by atomic mass is 32.1. The Labute approximate surface area is 165 Å². The summed E-state index contributed by atoms with van der Waals surface area (Å²) < 4.78 is 1.84. The van der Waals surface area contributed by atoms with Gasteiger partial charge in [-0.3, -0.25) is 4.79 Å². The summed E-state index contributed by atoms with van der Waals surface area (Å²) in [5.74, 6) is 0.0351. The van der Waals surface area contributed by atoms with Gasteiger partial charge in [0.1, 0.15) is 5.52 Å². The molecule has 0 atom stereocenters. The number of carbonyl (C=O) groups is 1. The van der Waals surface area contributed by atoms with Gasteiger partial charge in [0, 0.05) is 28.4 Å². The average molecular weight is 397 g/mol. The summed E-state index contributed by atoms with van der Waals surface area (Å²) in [7, 11) is 0. The van der Waals surface area contributed by atoms with Crippen LogP contribution in [0.25, 0.3) is 11.0 Å². The second kappa shape index (κ2) is 8.02. The lowest BCUT2D eigenvalue weighted by Crippen LogP contribution is -2.32. The van der Waals surface area contributed by atoms with Crippen molar-refractivity contribution in [3.05, 3.63) is 68.5 Å². The molecule has 3 aromatic heterocycles. The van der Waals surface area contributed by atoms with Crippen molar-refractivity contribution in [2.75, 3.05) is 6.54 Å². The van der Waals surface area contributed by atoms with E-state index in [-0.39, 0.29) is 5.91 Å². The average Bonchev–Trinajstić information content (AvgIpc) is 3.45. The summed E-state index contributed by atoms with van der Waals surface area (Å²) in [5.41, 5.74) is 2.38. The van der Waals surface area contributed by atoms with E-state index >= 15 is 0 Å².